The number of aromatic hydroxyl groups is 2. The van der Waals surface area contributed by atoms with Crippen molar-refractivity contribution in [3.8, 4) is 28.4 Å². The molecule has 21 heavy (non-hydrogen) atoms. The molecule has 3 rings (SSSR count). The monoisotopic (exact) mass is 288 g/mol. The van der Waals surface area contributed by atoms with E-state index in [1.807, 2.05) is 0 Å². The smallest absolute Gasteiger partial charge is 0.204 e. The van der Waals surface area contributed by atoms with Crippen molar-refractivity contribution in [2.75, 3.05) is 7.11 Å². The normalized spacial score (nSPS) is 13.4. The predicted octanol–water partition coefficient (Wildman–Crippen LogP) is 2.88. The fourth-order valence-electron chi connectivity index (χ4n) is 1.93. The van der Waals surface area contributed by atoms with Crippen LogP contribution in [0.3, 0.4) is 0 Å². The van der Waals surface area contributed by atoms with Gasteiger partial charge in [-0.3, -0.25) is 4.79 Å². The van der Waals surface area contributed by atoms with Gasteiger partial charge in [0.05, 0.1) is 18.2 Å². The van der Waals surface area contributed by atoms with Crippen molar-refractivity contribution in [3.05, 3.63) is 52.8 Å². The van der Waals surface area contributed by atoms with E-state index in [-0.39, 0.29) is 33.6 Å². The van der Waals surface area contributed by atoms with Crippen LogP contribution < -0.4 is 10.2 Å². The molecule has 5 heteroatoms. The molecule has 0 spiro atoms. The molecule has 0 aliphatic heterocycles. The summed E-state index contributed by atoms with van der Waals surface area (Å²) in [6.45, 7) is 0. The van der Waals surface area contributed by atoms with Gasteiger partial charge < -0.3 is 19.4 Å². The first-order chi connectivity index (χ1) is 11.8. The van der Waals surface area contributed by atoms with Gasteiger partial charge >= 0.3 is 0 Å². The van der Waals surface area contributed by atoms with E-state index in [0.717, 1.165) is 18.4 Å². The van der Waals surface area contributed by atoms with Gasteiger partial charge in [0, 0.05) is 12.1 Å². The van der Waals surface area contributed by atoms with Gasteiger partial charge in [0.2, 0.25) is 5.43 Å². The number of phenolic OH excluding ortho intramolecular Hbond substituents is 2. The molecule has 0 saturated heterocycles. The molecule has 0 atom stereocenters. The van der Waals surface area contributed by atoms with E-state index in [9.17, 15) is 15.0 Å². The number of benzene rings is 2. The lowest BCUT2D eigenvalue weighted by Crippen LogP contribution is -2.05. The van der Waals surface area contributed by atoms with Crippen LogP contribution in [0.1, 0.15) is 5.48 Å². The average Bonchev–Trinajstić information content (AvgIpc) is 2.55. The zero-order valence-electron chi connectivity index (χ0n) is 14.9. The van der Waals surface area contributed by atoms with Crippen molar-refractivity contribution in [2.24, 2.45) is 0 Å². The number of phenols is 2. The summed E-state index contributed by atoms with van der Waals surface area (Å²) < 4.78 is 42.0. The summed E-state index contributed by atoms with van der Waals surface area (Å²) in [5.74, 6) is -1.05. The Bertz CT molecular complexity index is 1050. The molecule has 0 unspecified atom stereocenters. The second-order valence-electron chi connectivity index (χ2n) is 4.22. The number of hydrogen-bond acceptors (Lipinski definition) is 5. The largest absolute Gasteiger partial charge is 0.508 e. The maximum Gasteiger partial charge on any atom is 0.204 e. The zero-order chi connectivity index (χ0) is 18.5. The number of ether oxygens (including phenoxy) is 1. The summed E-state index contributed by atoms with van der Waals surface area (Å²) in [5, 5.41) is 19.2. The second kappa shape index (κ2) is 4.86. The molecule has 106 valence electrons. The quantitative estimate of drug-likeness (QED) is 0.758. The Morgan fingerprint density at radius 1 is 1.19 bits per heavy atom. The van der Waals surface area contributed by atoms with E-state index in [4.69, 9.17) is 14.6 Å². The third-order valence-electron chi connectivity index (χ3n) is 2.92. The highest BCUT2D eigenvalue weighted by Crippen LogP contribution is 2.29. The van der Waals surface area contributed by atoms with Gasteiger partial charge in [0.15, 0.2) is 0 Å². The Kier molecular flexibility index (Phi) is 2.10. The van der Waals surface area contributed by atoms with E-state index in [2.05, 4.69) is 0 Å². The molecular formula is C16H12O5. The van der Waals surface area contributed by atoms with Crippen LogP contribution in [0, 0.1) is 0 Å². The average molecular weight is 288 g/mol. The lowest BCUT2D eigenvalue weighted by Gasteiger charge is -2.05. The van der Waals surface area contributed by atoms with Crippen LogP contribution in [0.25, 0.3) is 22.1 Å². The van der Waals surface area contributed by atoms with Gasteiger partial charge in [-0.15, -0.1) is 0 Å². The van der Waals surface area contributed by atoms with Crippen LogP contribution >= 0.6 is 0 Å². The lowest BCUT2D eigenvalue weighted by molar-refractivity contribution is 0.415. The van der Waals surface area contributed by atoms with Crippen molar-refractivity contribution in [3.63, 3.8) is 0 Å². The number of hydrogen-bond donors (Lipinski definition) is 2. The molecule has 0 bridgehead atoms. The van der Waals surface area contributed by atoms with Gasteiger partial charge in [-0.2, -0.15) is 0 Å². The van der Waals surface area contributed by atoms with E-state index in [0.29, 0.717) is 0 Å². The molecule has 0 amide bonds. The first-order valence-electron chi connectivity index (χ1n) is 7.90. The molecule has 3 aromatic rings. The first-order valence-corrected chi connectivity index (χ1v) is 5.90. The summed E-state index contributed by atoms with van der Waals surface area (Å²) in [6, 6.07) is 0.293. The van der Waals surface area contributed by atoms with Crippen LogP contribution in [-0.2, 0) is 0 Å². The van der Waals surface area contributed by atoms with Crippen molar-refractivity contribution < 1.29 is 24.9 Å². The van der Waals surface area contributed by atoms with Crippen molar-refractivity contribution in [1.29, 1.82) is 0 Å². The summed E-state index contributed by atoms with van der Waals surface area (Å²) in [4.78, 5) is 12.7. The fourth-order valence-corrected chi connectivity index (χ4v) is 1.93. The molecule has 0 fully saturated rings. The Labute approximate surface area is 125 Å². The van der Waals surface area contributed by atoms with Crippen molar-refractivity contribution in [1.82, 2.24) is 0 Å². The number of fused-ring (bicyclic) bond motifs is 1. The van der Waals surface area contributed by atoms with Crippen LogP contribution in [0.15, 0.2) is 51.8 Å². The molecule has 0 aliphatic rings. The van der Waals surface area contributed by atoms with Crippen molar-refractivity contribution >= 4 is 11.0 Å². The lowest BCUT2D eigenvalue weighted by atomic mass is 10.0. The molecule has 1 aromatic heterocycles. The number of rotatable bonds is 2. The Morgan fingerprint density at radius 2 is 1.90 bits per heavy atom. The van der Waals surface area contributed by atoms with Crippen LogP contribution in [0.4, 0.5) is 0 Å². The minimum Gasteiger partial charge on any atom is -0.508 e. The zero-order valence-corrected chi connectivity index (χ0v) is 10.9. The fraction of sp³-hybridized carbons (Fsp3) is 0.0625. The third-order valence-corrected chi connectivity index (χ3v) is 2.92. The van der Waals surface area contributed by atoms with Crippen LogP contribution in [0.2, 0.25) is 0 Å². The van der Waals surface area contributed by atoms with Gasteiger partial charge in [-0.25, -0.2) is 0 Å². The molecular weight excluding hydrogens is 272 g/mol. The van der Waals surface area contributed by atoms with Gasteiger partial charge in [0.1, 0.15) is 34.5 Å². The van der Waals surface area contributed by atoms with Crippen LogP contribution in [-0.4, -0.2) is 17.3 Å². The first kappa shape index (κ1) is 9.07. The Hall–Kier alpha value is -2.95. The van der Waals surface area contributed by atoms with E-state index in [1.54, 1.807) is 0 Å². The van der Waals surface area contributed by atoms with Crippen LogP contribution in [0.5, 0.6) is 17.2 Å². The summed E-state index contributed by atoms with van der Waals surface area (Å²) in [6.07, 6.45) is 0.973. The highest BCUT2D eigenvalue weighted by Gasteiger charge is 2.13. The van der Waals surface area contributed by atoms with Gasteiger partial charge in [-0.1, -0.05) is 12.1 Å². The third kappa shape index (κ3) is 2.18. The Balaban J connectivity index is 2.43. The maximum absolute atomic E-state index is 12.7. The molecule has 2 N–H and O–H groups in total. The minimum absolute atomic E-state index is 0.0741. The summed E-state index contributed by atoms with van der Waals surface area (Å²) in [5.41, 5.74) is -1.33. The van der Waals surface area contributed by atoms with E-state index >= 15 is 0 Å². The SMILES string of the molecule is [2H]c1c([2H])c(-c2coc3cc(O)cc(O)c3c2=O)c([2H])c([2H])c1OC. The molecule has 0 aliphatic carbocycles. The van der Waals surface area contributed by atoms with E-state index < -0.39 is 35.3 Å². The standard InChI is InChI=1S/C16H12O5/c1-20-11-4-2-9(3-5-11)12-8-21-14-7-10(17)6-13(18)15(14)16(12)19/h2-8,17-18H,1H3/i2D,3D,4D,5D. The topological polar surface area (TPSA) is 79.9 Å². The highest BCUT2D eigenvalue weighted by atomic mass is 16.5. The number of methoxy groups -OCH3 is 1. The summed E-state index contributed by atoms with van der Waals surface area (Å²) >= 11 is 0. The molecule has 2 aromatic carbocycles. The molecule has 1 heterocycles. The van der Waals surface area contributed by atoms with Gasteiger partial charge in [0.25, 0.3) is 0 Å². The maximum atomic E-state index is 12.7. The highest BCUT2D eigenvalue weighted by molar-refractivity contribution is 5.87. The van der Waals surface area contributed by atoms with Crippen molar-refractivity contribution in [2.45, 2.75) is 0 Å². The molecule has 0 saturated carbocycles. The second-order valence-corrected chi connectivity index (χ2v) is 4.22. The van der Waals surface area contributed by atoms with Gasteiger partial charge in [-0.05, 0) is 17.6 Å². The minimum atomic E-state index is -0.746. The molecule has 5 nitrogen and oxygen atoms in total. The Morgan fingerprint density at radius 3 is 2.57 bits per heavy atom. The molecule has 0 radical (unpaired) electrons. The van der Waals surface area contributed by atoms with E-state index in [1.165, 1.54) is 7.11 Å². The predicted molar refractivity (Wildman–Crippen MR) is 77.8 cm³/mol. The summed E-state index contributed by atoms with van der Waals surface area (Å²) in [7, 11) is 1.22.